The van der Waals surface area contributed by atoms with Crippen LogP contribution in [-0.4, -0.2) is 41.8 Å². The van der Waals surface area contributed by atoms with Crippen LogP contribution in [0.25, 0.3) is 0 Å². The van der Waals surface area contributed by atoms with E-state index in [0.29, 0.717) is 23.8 Å². The van der Waals surface area contributed by atoms with Gasteiger partial charge in [0.15, 0.2) is 0 Å². The highest BCUT2D eigenvalue weighted by atomic mass is 35.5. The molecule has 0 aliphatic heterocycles. The first-order chi connectivity index (χ1) is 14.0. The third kappa shape index (κ3) is 6.23. The number of likely N-dealkylation sites (N-methyl/N-ethyl adjacent to an activating group) is 1. The van der Waals surface area contributed by atoms with Gasteiger partial charge in [0.2, 0.25) is 11.8 Å². The molecule has 0 atom stereocenters. The average Bonchev–Trinajstić information content (AvgIpc) is 3.37. The summed E-state index contributed by atoms with van der Waals surface area (Å²) in [6.45, 7) is 0.912. The summed E-state index contributed by atoms with van der Waals surface area (Å²) < 4.78 is 10.8. The lowest BCUT2D eigenvalue weighted by molar-refractivity contribution is -0.134. The lowest BCUT2D eigenvalue weighted by atomic mass is 10.3. The maximum atomic E-state index is 12.7. The first-order valence-corrected chi connectivity index (χ1v) is 9.44. The fraction of sp³-hybridized carbons (Fsp3) is 0.238. The van der Waals surface area contributed by atoms with Crippen LogP contribution in [0.2, 0.25) is 5.02 Å². The van der Waals surface area contributed by atoms with E-state index in [1.165, 1.54) is 4.90 Å². The third-order valence-corrected chi connectivity index (χ3v) is 4.56. The van der Waals surface area contributed by atoms with Gasteiger partial charge in [-0.05, 0) is 36.4 Å². The van der Waals surface area contributed by atoms with Gasteiger partial charge in [-0.2, -0.15) is 0 Å². The summed E-state index contributed by atoms with van der Waals surface area (Å²) in [7, 11) is 1.59. The molecule has 7 nitrogen and oxygen atoms in total. The smallest absolute Gasteiger partial charge is 0.244 e. The van der Waals surface area contributed by atoms with E-state index in [1.54, 1.807) is 56.0 Å². The maximum absolute atomic E-state index is 12.7. The number of nitrogens with zero attached hydrogens (tertiary/aromatic N) is 2. The van der Waals surface area contributed by atoms with Crippen molar-refractivity contribution in [1.82, 2.24) is 9.80 Å². The van der Waals surface area contributed by atoms with Gasteiger partial charge >= 0.3 is 0 Å². The van der Waals surface area contributed by atoms with Crippen LogP contribution in [0, 0.1) is 0 Å². The number of para-hydroxylation sites is 1. The summed E-state index contributed by atoms with van der Waals surface area (Å²) in [6, 6.07) is 14.2. The van der Waals surface area contributed by atoms with Crippen molar-refractivity contribution in [2.45, 2.75) is 13.1 Å². The van der Waals surface area contributed by atoms with Crippen molar-refractivity contribution in [3.8, 4) is 0 Å². The van der Waals surface area contributed by atoms with Gasteiger partial charge in [0.1, 0.15) is 11.5 Å². The number of furan rings is 2. The molecule has 152 valence electrons. The Morgan fingerprint density at radius 3 is 2.10 bits per heavy atom. The van der Waals surface area contributed by atoms with Crippen LogP contribution in [0.5, 0.6) is 0 Å². The number of nitrogens with one attached hydrogen (secondary N) is 1. The van der Waals surface area contributed by atoms with Crippen LogP contribution >= 0.6 is 11.6 Å². The number of benzene rings is 1. The number of amides is 2. The highest BCUT2D eigenvalue weighted by molar-refractivity contribution is 6.33. The number of hydrogen-bond donors (Lipinski definition) is 1. The summed E-state index contributed by atoms with van der Waals surface area (Å²) in [6.07, 6.45) is 3.18. The summed E-state index contributed by atoms with van der Waals surface area (Å²) in [5.41, 5.74) is 0.511. The average molecular weight is 416 g/mol. The lowest BCUT2D eigenvalue weighted by Crippen LogP contribution is -2.41. The Hall–Kier alpha value is -3.03. The molecule has 2 amide bonds. The molecule has 0 spiro atoms. The molecule has 0 saturated heterocycles. The van der Waals surface area contributed by atoms with E-state index in [0.717, 1.165) is 11.5 Å². The predicted molar refractivity (Wildman–Crippen MR) is 109 cm³/mol. The molecule has 0 fully saturated rings. The maximum Gasteiger partial charge on any atom is 0.244 e. The Kier molecular flexibility index (Phi) is 7.10. The van der Waals surface area contributed by atoms with Gasteiger partial charge in [0.05, 0.1) is 49.4 Å². The number of hydrogen-bond acceptors (Lipinski definition) is 5. The molecule has 8 heteroatoms. The number of carbonyl (C=O) groups excluding carboxylic acids is 2. The molecule has 0 bridgehead atoms. The molecule has 0 radical (unpaired) electrons. The van der Waals surface area contributed by atoms with Crippen LogP contribution < -0.4 is 5.32 Å². The minimum Gasteiger partial charge on any atom is -0.468 e. The van der Waals surface area contributed by atoms with Crippen LogP contribution in [0.3, 0.4) is 0 Å². The highest BCUT2D eigenvalue weighted by Gasteiger charge is 2.19. The first-order valence-electron chi connectivity index (χ1n) is 9.06. The highest BCUT2D eigenvalue weighted by Crippen LogP contribution is 2.20. The van der Waals surface area contributed by atoms with Crippen molar-refractivity contribution in [3.05, 3.63) is 77.6 Å². The Balaban J connectivity index is 1.57. The molecule has 2 heterocycles. The van der Waals surface area contributed by atoms with E-state index in [2.05, 4.69) is 5.32 Å². The van der Waals surface area contributed by atoms with E-state index < -0.39 is 0 Å². The summed E-state index contributed by atoms with van der Waals surface area (Å²) in [4.78, 5) is 28.2. The van der Waals surface area contributed by atoms with Crippen molar-refractivity contribution in [3.63, 3.8) is 0 Å². The molecule has 3 rings (SSSR count). The molecule has 29 heavy (non-hydrogen) atoms. The number of carbonyl (C=O) groups is 2. The number of rotatable bonds is 9. The number of halogens is 1. The molecule has 0 unspecified atom stereocenters. The summed E-state index contributed by atoms with van der Waals surface area (Å²) in [5, 5.41) is 3.16. The molecule has 3 aromatic rings. The van der Waals surface area contributed by atoms with Crippen molar-refractivity contribution in [2.24, 2.45) is 0 Å². The molecular weight excluding hydrogens is 394 g/mol. The van der Waals surface area contributed by atoms with Gasteiger partial charge in [0.25, 0.3) is 0 Å². The van der Waals surface area contributed by atoms with Crippen LogP contribution in [-0.2, 0) is 22.7 Å². The van der Waals surface area contributed by atoms with E-state index >= 15 is 0 Å². The van der Waals surface area contributed by atoms with Gasteiger partial charge < -0.3 is 19.1 Å². The molecule has 0 saturated carbocycles. The van der Waals surface area contributed by atoms with Crippen molar-refractivity contribution in [1.29, 1.82) is 0 Å². The van der Waals surface area contributed by atoms with Gasteiger partial charge in [-0.3, -0.25) is 14.5 Å². The Morgan fingerprint density at radius 1 is 0.931 bits per heavy atom. The largest absolute Gasteiger partial charge is 0.468 e. The summed E-state index contributed by atoms with van der Waals surface area (Å²) in [5.74, 6) is 0.960. The van der Waals surface area contributed by atoms with Gasteiger partial charge in [-0.15, -0.1) is 0 Å². The lowest BCUT2D eigenvalue weighted by Gasteiger charge is -2.23. The normalized spacial score (nSPS) is 10.9. The first kappa shape index (κ1) is 20.7. The fourth-order valence-corrected chi connectivity index (χ4v) is 2.96. The predicted octanol–water partition coefficient (Wildman–Crippen LogP) is 3.63. The van der Waals surface area contributed by atoms with Crippen LogP contribution in [0.15, 0.2) is 69.9 Å². The zero-order valence-electron chi connectivity index (χ0n) is 16.0. The molecule has 0 aliphatic carbocycles. The van der Waals surface area contributed by atoms with Crippen molar-refractivity contribution < 1.29 is 18.4 Å². The minimum atomic E-state index is -0.322. The Labute approximate surface area is 173 Å². The second kappa shape index (κ2) is 9.95. The van der Waals surface area contributed by atoms with E-state index in [1.807, 2.05) is 17.0 Å². The zero-order chi connectivity index (χ0) is 20.6. The Bertz CT molecular complexity index is 889. The SMILES string of the molecule is CN(CC(=O)Nc1ccccc1Cl)C(=O)CN(Cc1ccco1)Cc1ccco1. The standard InChI is InChI=1S/C21H22ClN3O4/c1-24(14-20(26)23-19-9-3-2-8-18(19)22)21(27)15-25(12-16-6-4-10-28-16)13-17-7-5-11-29-17/h2-11H,12-15H2,1H3,(H,23,26). The second-order valence-electron chi connectivity index (χ2n) is 6.58. The quantitative estimate of drug-likeness (QED) is 0.577. The van der Waals surface area contributed by atoms with E-state index in [-0.39, 0.29) is 24.9 Å². The molecule has 2 aromatic heterocycles. The van der Waals surface area contributed by atoms with Gasteiger partial charge in [0, 0.05) is 7.05 Å². The van der Waals surface area contributed by atoms with Crippen LogP contribution in [0.4, 0.5) is 5.69 Å². The van der Waals surface area contributed by atoms with E-state index in [9.17, 15) is 9.59 Å². The number of anilines is 1. The van der Waals surface area contributed by atoms with Crippen molar-refractivity contribution >= 4 is 29.1 Å². The Morgan fingerprint density at radius 2 is 1.55 bits per heavy atom. The second-order valence-corrected chi connectivity index (χ2v) is 6.99. The van der Waals surface area contributed by atoms with E-state index in [4.69, 9.17) is 20.4 Å². The van der Waals surface area contributed by atoms with Gasteiger partial charge in [-0.25, -0.2) is 0 Å². The minimum absolute atomic E-state index is 0.0839. The van der Waals surface area contributed by atoms with Crippen LogP contribution in [0.1, 0.15) is 11.5 Å². The topological polar surface area (TPSA) is 78.9 Å². The zero-order valence-corrected chi connectivity index (χ0v) is 16.8. The fourth-order valence-electron chi connectivity index (χ4n) is 2.78. The molecule has 1 N–H and O–H groups in total. The van der Waals surface area contributed by atoms with Gasteiger partial charge in [-0.1, -0.05) is 23.7 Å². The molecular formula is C21H22ClN3O4. The van der Waals surface area contributed by atoms with Crippen molar-refractivity contribution in [2.75, 3.05) is 25.5 Å². The molecule has 1 aromatic carbocycles. The summed E-state index contributed by atoms with van der Waals surface area (Å²) >= 11 is 6.05. The molecule has 0 aliphatic rings. The third-order valence-electron chi connectivity index (χ3n) is 4.23. The monoisotopic (exact) mass is 415 g/mol.